The zero-order valence-electron chi connectivity index (χ0n) is 12.0. The van der Waals surface area contributed by atoms with E-state index in [-0.39, 0.29) is 6.03 Å². The lowest BCUT2D eigenvalue weighted by atomic mass is 9.80. The molecule has 1 aliphatic carbocycles. The number of carbonyl (C=O) groups is 1. The molecule has 2 aliphatic rings. The predicted molar refractivity (Wildman–Crippen MR) is 74.5 cm³/mol. The molecular formula is C15H28N2O. The Morgan fingerprint density at radius 1 is 1.06 bits per heavy atom. The monoisotopic (exact) mass is 252 g/mol. The molecule has 2 fully saturated rings. The molecular weight excluding hydrogens is 224 g/mol. The van der Waals surface area contributed by atoms with Crippen molar-refractivity contribution >= 4 is 6.03 Å². The summed E-state index contributed by atoms with van der Waals surface area (Å²) in [6, 6.07) is 0.608. The Labute approximate surface area is 111 Å². The van der Waals surface area contributed by atoms with E-state index in [2.05, 4.69) is 19.2 Å². The van der Waals surface area contributed by atoms with Crippen molar-refractivity contribution in [2.24, 2.45) is 11.8 Å². The number of urea groups is 1. The lowest BCUT2D eigenvalue weighted by Crippen LogP contribution is -2.47. The van der Waals surface area contributed by atoms with E-state index in [4.69, 9.17) is 0 Å². The number of hydrogen-bond donors (Lipinski definition) is 1. The molecule has 104 valence electrons. The lowest BCUT2D eigenvalue weighted by molar-refractivity contribution is 0.172. The minimum absolute atomic E-state index is 0.183. The van der Waals surface area contributed by atoms with Gasteiger partial charge in [0.25, 0.3) is 0 Å². The van der Waals surface area contributed by atoms with Gasteiger partial charge in [0.05, 0.1) is 0 Å². The number of rotatable bonds is 2. The van der Waals surface area contributed by atoms with E-state index in [1.165, 1.54) is 44.9 Å². The van der Waals surface area contributed by atoms with Gasteiger partial charge < -0.3 is 10.2 Å². The summed E-state index contributed by atoms with van der Waals surface area (Å²) in [6.45, 7) is 6.54. The summed E-state index contributed by atoms with van der Waals surface area (Å²) in [5.74, 6) is 1.66. The van der Waals surface area contributed by atoms with Crippen LogP contribution in [-0.4, -0.2) is 30.1 Å². The fraction of sp³-hybridized carbons (Fsp3) is 0.933. The molecule has 3 nitrogen and oxygen atoms in total. The van der Waals surface area contributed by atoms with Gasteiger partial charge in [0, 0.05) is 19.1 Å². The van der Waals surface area contributed by atoms with E-state index in [1.807, 2.05) is 4.90 Å². The quantitative estimate of drug-likeness (QED) is 0.802. The molecule has 3 heteroatoms. The standard InChI is InChI=1S/C15H28N2O/c1-12(2)13-6-8-14(9-7-13)16-15(18)17-10-4-3-5-11-17/h12-14H,3-11H2,1-2H3,(H,16,18). The maximum Gasteiger partial charge on any atom is 0.317 e. The van der Waals surface area contributed by atoms with Gasteiger partial charge in [-0.3, -0.25) is 0 Å². The Bertz CT molecular complexity index is 264. The van der Waals surface area contributed by atoms with Gasteiger partial charge in [-0.05, 0) is 56.8 Å². The summed E-state index contributed by atoms with van der Waals surface area (Å²) < 4.78 is 0. The average molecular weight is 252 g/mol. The predicted octanol–water partition coefficient (Wildman–Crippen LogP) is 3.40. The summed E-state index contributed by atoms with van der Waals surface area (Å²) in [4.78, 5) is 14.1. The molecule has 0 aromatic heterocycles. The first-order chi connectivity index (χ1) is 8.66. The molecule has 18 heavy (non-hydrogen) atoms. The third-order valence-electron chi connectivity index (χ3n) is 4.69. The Hall–Kier alpha value is -0.730. The van der Waals surface area contributed by atoms with Gasteiger partial charge in [0.2, 0.25) is 0 Å². The van der Waals surface area contributed by atoms with Gasteiger partial charge in [-0.25, -0.2) is 4.79 Å². The van der Waals surface area contributed by atoms with E-state index in [1.54, 1.807) is 0 Å². The molecule has 0 unspecified atom stereocenters. The number of carbonyl (C=O) groups excluding carboxylic acids is 1. The fourth-order valence-electron chi connectivity index (χ4n) is 3.29. The highest BCUT2D eigenvalue weighted by Crippen LogP contribution is 2.29. The zero-order valence-corrected chi connectivity index (χ0v) is 12.0. The normalized spacial score (nSPS) is 29.4. The highest BCUT2D eigenvalue weighted by Gasteiger charge is 2.25. The maximum absolute atomic E-state index is 12.1. The van der Waals surface area contributed by atoms with Crippen molar-refractivity contribution in [1.82, 2.24) is 10.2 Å². The van der Waals surface area contributed by atoms with E-state index in [0.717, 1.165) is 24.9 Å². The second-order valence-corrected chi connectivity index (χ2v) is 6.35. The van der Waals surface area contributed by atoms with Crippen LogP contribution in [0.1, 0.15) is 58.8 Å². The third-order valence-corrected chi connectivity index (χ3v) is 4.69. The summed E-state index contributed by atoms with van der Waals surface area (Å²) in [7, 11) is 0. The molecule has 0 bridgehead atoms. The van der Waals surface area contributed by atoms with Crippen LogP contribution in [0.25, 0.3) is 0 Å². The number of likely N-dealkylation sites (tertiary alicyclic amines) is 1. The van der Waals surface area contributed by atoms with Crippen LogP contribution in [0, 0.1) is 11.8 Å². The van der Waals surface area contributed by atoms with Crippen molar-refractivity contribution in [2.45, 2.75) is 64.8 Å². The van der Waals surface area contributed by atoms with Gasteiger partial charge in [-0.15, -0.1) is 0 Å². The highest BCUT2D eigenvalue weighted by atomic mass is 16.2. The van der Waals surface area contributed by atoms with Crippen LogP contribution in [0.5, 0.6) is 0 Å². The van der Waals surface area contributed by atoms with Gasteiger partial charge in [-0.1, -0.05) is 13.8 Å². The SMILES string of the molecule is CC(C)C1CCC(NC(=O)N2CCCCC2)CC1. The minimum atomic E-state index is 0.183. The van der Waals surface area contributed by atoms with Crippen LogP contribution in [0.15, 0.2) is 0 Å². The summed E-state index contributed by atoms with van der Waals surface area (Å²) >= 11 is 0. The van der Waals surface area contributed by atoms with E-state index in [0.29, 0.717) is 6.04 Å². The number of nitrogens with zero attached hydrogens (tertiary/aromatic N) is 1. The second-order valence-electron chi connectivity index (χ2n) is 6.35. The van der Waals surface area contributed by atoms with E-state index >= 15 is 0 Å². The molecule has 1 saturated heterocycles. The van der Waals surface area contributed by atoms with Crippen LogP contribution < -0.4 is 5.32 Å². The number of amides is 2. The molecule has 1 saturated carbocycles. The van der Waals surface area contributed by atoms with Crippen LogP contribution >= 0.6 is 0 Å². The van der Waals surface area contributed by atoms with Gasteiger partial charge in [0.1, 0.15) is 0 Å². The molecule has 2 amide bonds. The van der Waals surface area contributed by atoms with Crippen molar-refractivity contribution in [2.75, 3.05) is 13.1 Å². The smallest absolute Gasteiger partial charge is 0.317 e. The van der Waals surface area contributed by atoms with Crippen molar-refractivity contribution in [3.63, 3.8) is 0 Å². The molecule has 0 aromatic carbocycles. The number of hydrogen-bond acceptors (Lipinski definition) is 1. The van der Waals surface area contributed by atoms with Gasteiger partial charge >= 0.3 is 6.03 Å². The van der Waals surface area contributed by atoms with Crippen molar-refractivity contribution in [1.29, 1.82) is 0 Å². The lowest BCUT2D eigenvalue weighted by Gasteiger charge is -2.34. The van der Waals surface area contributed by atoms with Crippen LogP contribution in [0.3, 0.4) is 0 Å². The first-order valence-electron chi connectivity index (χ1n) is 7.72. The topological polar surface area (TPSA) is 32.3 Å². The van der Waals surface area contributed by atoms with Gasteiger partial charge in [-0.2, -0.15) is 0 Å². The Balaban J connectivity index is 1.72. The van der Waals surface area contributed by atoms with Crippen LogP contribution in [0.4, 0.5) is 4.79 Å². The molecule has 0 spiro atoms. The molecule has 1 aliphatic heterocycles. The third kappa shape index (κ3) is 3.63. The Kier molecular flexibility index (Phi) is 4.90. The highest BCUT2D eigenvalue weighted by molar-refractivity contribution is 5.74. The Morgan fingerprint density at radius 2 is 1.67 bits per heavy atom. The van der Waals surface area contributed by atoms with E-state index < -0.39 is 0 Å². The second kappa shape index (κ2) is 6.44. The average Bonchev–Trinajstić information content (AvgIpc) is 2.40. The first-order valence-corrected chi connectivity index (χ1v) is 7.72. The molecule has 0 radical (unpaired) electrons. The van der Waals surface area contributed by atoms with Crippen molar-refractivity contribution in [3.8, 4) is 0 Å². The maximum atomic E-state index is 12.1. The molecule has 1 N–H and O–H groups in total. The zero-order chi connectivity index (χ0) is 13.0. The Morgan fingerprint density at radius 3 is 2.22 bits per heavy atom. The number of nitrogens with one attached hydrogen (secondary N) is 1. The fourth-order valence-corrected chi connectivity index (χ4v) is 3.29. The first kappa shape index (κ1) is 13.7. The minimum Gasteiger partial charge on any atom is -0.335 e. The molecule has 2 rings (SSSR count). The van der Waals surface area contributed by atoms with E-state index in [9.17, 15) is 4.79 Å². The molecule has 0 atom stereocenters. The largest absolute Gasteiger partial charge is 0.335 e. The van der Waals surface area contributed by atoms with Crippen LogP contribution in [0.2, 0.25) is 0 Å². The molecule has 0 aromatic rings. The van der Waals surface area contributed by atoms with Crippen molar-refractivity contribution < 1.29 is 4.79 Å². The van der Waals surface area contributed by atoms with Crippen molar-refractivity contribution in [3.05, 3.63) is 0 Å². The van der Waals surface area contributed by atoms with Gasteiger partial charge in [0.15, 0.2) is 0 Å². The molecule has 1 heterocycles. The van der Waals surface area contributed by atoms with Crippen LogP contribution in [-0.2, 0) is 0 Å². The number of piperidine rings is 1. The summed E-state index contributed by atoms with van der Waals surface area (Å²) in [6.07, 6.45) is 8.53. The summed E-state index contributed by atoms with van der Waals surface area (Å²) in [5, 5.41) is 3.24. The summed E-state index contributed by atoms with van der Waals surface area (Å²) in [5.41, 5.74) is 0.